The molecular formula is C20H25N3O5. The van der Waals surface area contributed by atoms with Crippen molar-refractivity contribution in [3.05, 3.63) is 42.1 Å². The van der Waals surface area contributed by atoms with Crippen LogP contribution in [-0.4, -0.2) is 43.9 Å². The van der Waals surface area contributed by atoms with Crippen molar-refractivity contribution < 1.29 is 23.7 Å². The summed E-state index contributed by atoms with van der Waals surface area (Å²) in [5, 5.41) is 2.87. The van der Waals surface area contributed by atoms with Crippen molar-refractivity contribution >= 4 is 5.91 Å². The van der Waals surface area contributed by atoms with Gasteiger partial charge in [-0.3, -0.25) is 4.79 Å². The zero-order chi connectivity index (χ0) is 19.9. The van der Waals surface area contributed by atoms with E-state index in [0.29, 0.717) is 42.6 Å². The van der Waals surface area contributed by atoms with Crippen molar-refractivity contribution in [2.45, 2.75) is 31.6 Å². The number of carbonyl (C=O) groups excluding carboxylic acids is 1. The van der Waals surface area contributed by atoms with Crippen LogP contribution in [0.2, 0.25) is 0 Å². The highest BCUT2D eigenvalue weighted by molar-refractivity contribution is 5.81. The van der Waals surface area contributed by atoms with Gasteiger partial charge in [-0.1, -0.05) is 12.1 Å². The molecule has 0 unspecified atom stereocenters. The first-order valence-corrected chi connectivity index (χ1v) is 9.11. The number of benzene rings is 1. The molecule has 150 valence electrons. The van der Waals surface area contributed by atoms with E-state index < -0.39 is 6.10 Å². The molecule has 8 heteroatoms. The molecule has 8 nitrogen and oxygen atoms in total. The number of hydrogen-bond donors (Lipinski definition) is 2. The first-order valence-electron chi connectivity index (χ1n) is 9.11. The molecule has 3 rings (SSSR count). The van der Waals surface area contributed by atoms with Crippen molar-refractivity contribution in [2.24, 2.45) is 5.73 Å². The molecule has 1 saturated heterocycles. The van der Waals surface area contributed by atoms with Gasteiger partial charge in [0.05, 0.1) is 20.3 Å². The summed E-state index contributed by atoms with van der Waals surface area (Å²) in [6, 6.07) is 8.93. The maximum absolute atomic E-state index is 12.2. The average molecular weight is 387 g/mol. The van der Waals surface area contributed by atoms with E-state index in [1.165, 1.54) is 0 Å². The Balaban J connectivity index is 1.58. The second-order valence-corrected chi connectivity index (χ2v) is 6.38. The minimum atomic E-state index is -0.429. The van der Waals surface area contributed by atoms with Gasteiger partial charge in [0.25, 0.3) is 0 Å². The second kappa shape index (κ2) is 9.38. The summed E-state index contributed by atoms with van der Waals surface area (Å²) in [6.45, 7) is 0.795. The number of amides is 1. The Bertz CT molecular complexity index is 775. The molecule has 1 fully saturated rings. The predicted molar refractivity (Wildman–Crippen MR) is 103 cm³/mol. The lowest BCUT2D eigenvalue weighted by Gasteiger charge is -2.14. The average Bonchev–Trinajstić information content (AvgIpc) is 3.22. The predicted octanol–water partition coefficient (Wildman–Crippen LogP) is 2.01. The van der Waals surface area contributed by atoms with Crippen LogP contribution in [0.25, 0.3) is 0 Å². The second-order valence-electron chi connectivity index (χ2n) is 6.38. The van der Waals surface area contributed by atoms with Gasteiger partial charge < -0.3 is 30.0 Å². The van der Waals surface area contributed by atoms with E-state index in [0.717, 1.165) is 12.0 Å². The summed E-state index contributed by atoms with van der Waals surface area (Å²) in [6.07, 6.45) is 2.70. The minimum Gasteiger partial charge on any atom is -0.493 e. The maximum Gasteiger partial charge on any atom is 0.249 e. The van der Waals surface area contributed by atoms with Crippen molar-refractivity contribution in [1.29, 1.82) is 0 Å². The largest absolute Gasteiger partial charge is 0.493 e. The minimum absolute atomic E-state index is 0.0270. The van der Waals surface area contributed by atoms with E-state index in [1.54, 1.807) is 38.6 Å². The lowest BCUT2D eigenvalue weighted by Crippen LogP contribution is -2.35. The van der Waals surface area contributed by atoms with Gasteiger partial charge in [-0.25, -0.2) is 4.98 Å². The van der Waals surface area contributed by atoms with Crippen LogP contribution >= 0.6 is 0 Å². The smallest absolute Gasteiger partial charge is 0.249 e. The molecule has 1 aromatic carbocycles. The summed E-state index contributed by atoms with van der Waals surface area (Å²) < 4.78 is 22.0. The van der Waals surface area contributed by atoms with Gasteiger partial charge >= 0.3 is 0 Å². The van der Waals surface area contributed by atoms with Crippen LogP contribution in [0.1, 0.15) is 18.4 Å². The van der Waals surface area contributed by atoms with Crippen molar-refractivity contribution in [3.8, 4) is 23.1 Å². The highest BCUT2D eigenvalue weighted by Crippen LogP contribution is 2.39. The zero-order valence-electron chi connectivity index (χ0n) is 16.0. The number of nitrogens with zero attached hydrogens (tertiary/aromatic N) is 1. The Labute approximate surface area is 163 Å². The quantitative estimate of drug-likeness (QED) is 0.714. The Morgan fingerprint density at radius 3 is 2.54 bits per heavy atom. The number of nitrogens with two attached hydrogens (primary N) is 1. The Morgan fingerprint density at radius 1 is 1.21 bits per heavy atom. The number of nitrogens with one attached hydrogen (secondary N) is 1. The van der Waals surface area contributed by atoms with Gasteiger partial charge in [-0.2, -0.15) is 0 Å². The van der Waals surface area contributed by atoms with Gasteiger partial charge in [0, 0.05) is 25.4 Å². The Hall–Kier alpha value is -2.84. The lowest BCUT2D eigenvalue weighted by molar-refractivity contribution is -0.132. The summed E-state index contributed by atoms with van der Waals surface area (Å²) >= 11 is 0. The van der Waals surface area contributed by atoms with E-state index in [9.17, 15) is 4.79 Å². The van der Waals surface area contributed by atoms with Gasteiger partial charge in [-0.15, -0.1) is 0 Å². The third-order valence-electron chi connectivity index (χ3n) is 4.52. The highest BCUT2D eigenvalue weighted by Gasteiger charge is 2.29. The third-order valence-corrected chi connectivity index (χ3v) is 4.52. The van der Waals surface area contributed by atoms with Crippen molar-refractivity contribution in [2.75, 3.05) is 20.8 Å². The van der Waals surface area contributed by atoms with E-state index in [4.69, 9.17) is 24.7 Å². The van der Waals surface area contributed by atoms with Crippen LogP contribution in [0.4, 0.5) is 0 Å². The molecule has 0 aliphatic carbocycles. The molecule has 0 spiro atoms. The topological polar surface area (TPSA) is 105 Å². The highest BCUT2D eigenvalue weighted by atomic mass is 16.5. The molecule has 2 heterocycles. The number of methoxy groups -OCH3 is 2. The van der Waals surface area contributed by atoms with E-state index >= 15 is 0 Å². The first kappa shape index (κ1) is 19.9. The molecule has 0 radical (unpaired) electrons. The molecule has 1 aliphatic heterocycles. The summed E-state index contributed by atoms with van der Waals surface area (Å²) in [7, 11) is 3.12. The molecule has 0 bridgehead atoms. The van der Waals surface area contributed by atoms with E-state index in [-0.39, 0.29) is 12.0 Å². The molecule has 2 aromatic rings. The van der Waals surface area contributed by atoms with Crippen molar-refractivity contribution in [1.82, 2.24) is 10.3 Å². The zero-order valence-corrected chi connectivity index (χ0v) is 16.0. The lowest BCUT2D eigenvalue weighted by atomic mass is 10.2. The number of aromatic nitrogens is 1. The molecule has 2 atom stereocenters. The Kier molecular flexibility index (Phi) is 6.67. The van der Waals surface area contributed by atoms with Crippen LogP contribution in [0, 0.1) is 0 Å². The fourth-order valence-corrected chi connectivity index (χ4v) is 2.97. The van der Waals surface area contributed by atoms with Gasteiger partial charge in [0.1, 0.15) is 6.10 Å². The van der Waals surface area contributed by atoms with Gasteiger partial charge in [0.15, 0.2) is 11.5 Å². The molecule has 1 aromatic heterocycles. The third kappa shape index (κ3) is 4.71. The van der Waals surface area contributed by atoms with Crippen LogP contribution in [-0.2, 0) is 16.1 Å². The number of para-hydroxylation sites is 1. The normalized spacial score (nSPS) is 18.5. The van der Waals surface area contributed by atoms with E-state index in [1.807, 2.05) is 12.1 Å². The molecule has 0 saturated carbocycles. The van der Waals surface area contributed by atoms with Crippen LogP contribution in [0.15, 0.2) is 36.5 Å². The van der Waals surface area contributed by atoms with Crippen LogP contribution in [0.5, 0.6) is 23.1 Å². The van der Waals surface area contributed by atoms with Crippen LogP contribution in [0.3, 0.4) is 0 Å². The molecule has 1 amide bonds. The fourth-order valence-electron chi connectivity index (χ4n) is 2.97. The van der Waals surface area contributed by atoms with Crippen molar-refractivity contribution in [3.63, 3.8) is 0 Å². The number of rotatable bonds is 8. The number of ether oxygens (including phenoxy) is 4. The van der Waals surface area contributed by atoms with Gasteiger partial charge in [0.2, 0.25) is 17.5 Å². The molecule has 28 heavy (non-hydrogen) atoms. The summed E-state index contributed by atoms with van der Waals surface area (Å²) in [4.78, 5) is 16.5. The molecule has 3 N–H and O–H groups in total. The summed E-state index contributed by atoms with van der Waals surface area (Å²) in [5.74, 6) is 1.81. The fraction of sp³-hybridized carbons (Fsp3) is 0.400. The first-order chi connectivity index (χ1) is 13.6. The SMILES string of the molecule is COc1cccc(OC)c1Oc1ccc(CNC(=O)[C@@H]2CC[C@H](CN)O2)cn1. The standard InChI is InChI=1S/C20H25N3O5/c1-25-15-4-3-5-16(26-2)19(15)28-18-9-6-13(11-22-18)12-23-20(24)17-8-7-14(10-21)27-17/h3-6,9,11,14,17H,7-8,10,12,21H2,1-2H3,(H,23,24)/t14-,17+/m1/s1. The van der Waals surface area contributed by atoms with Crippen LogP contribution < -0.4 is 25.3 Å². The molecule has 1 aliphatic rings. The maximum atomic E-state index is 12.2. The summed E-state index contributed by atoms with van der Waals surface area (Å²) in [5.41, 5.74) is 6.42. The Morgan fingerprint density at radius 2 is 1.96 bits per heavy atom. The number of hydrogen-bond acceptors (Lipinski definition) is 7. The monoisotopic (exact) mass is 387 g/mol. The van der Waals surface area contributed by atoms with Gasteiger partial charge in [-0.05, 0) is 30.5 Å². The van der Waals surface area contributed by atoms with E-state index in [2.05, 4.69) is 10.3 Å². The number of carbonyl (C=O) groups is 1. The number of pyridine rings is 1. The molecular weight excluding hydrogens is 362 g/mol.